The molecule has 3 N–H and O–H groups in total. The first-order valence-corrected chi connectivity index (χ1v) is 18.8. The predicted molar refractivity (Wildman–Crippen MR) is 216 cm³/mol. The van der Waals surface area contributed by atoms with Crippen molar-refractivity contribution in [3.05, 3.63) is 124 Å². The van der Waals surface area contributed by atoms with Gasteiger partial charge in [0, 0.05) is 72.2 Å². The number of nitrogens with zero attached hydrogens (tertiary/aromatic N) is 3. The molecule has 2 fully saturated rings. The van der Waals surface area contributed by atoms with E-state index >= 15 is 0 Å². The second kappa shape index (κ2) is 15.6. The van der Waals surface area contributed by atoms with Crippen molar-refractivity contribution in [2.75, 3.05) is 25.1 Å². The quantitative estimate of drug-likeness (QED) is 0.133. The number of hydrogen-bond donors (Lipinski definition) is 3. The van der Waals surface area contributed by atoms with Crippen LogP contribution in [-0.2, 0) is 21.4 Å². The van der Waals surface area contributed by atoms with Gasteiger partial charge in [0.1, 0.15) is 11.7 Å². The van der Waals surface area contributed by atoms with Crippen LogP contribution in [0.5, 0.6) is 0 Å². The van der Waals surface area contributed by atoms with Crippen LogP contribution in [-0.4, -0.2) is 58.1 Å². The second-order valence-electron chi connectivity index (χ2n) is 14.3. The number of ether oxygens (including phenoxy) is 1. The molecule has 0 bridgehead atoms. The highest BCUT2D eigenvalue weighted by atomic mass is 16.5. The van der Waals surface area contributed by atoms with Crippen molar-refractivity contribution in [1.29, 1.82) is 0 Å². The summed E-state index contributed by atoms with van der Waals surface area (Å²) in [5.41, 5.74) is 8.14. The number of imide groups is 1. The number of rotatable bonds is 7. The van der Waals surface area contributed by atoms with Crippen LogP contribution >= 0.6 is 0 Å². The molecule has 0 saturated carbocycles. The molecule has 5 heterocycles. The minimum atomic E-state index is -0.486. The van der Waals surface area contributed by atoms with E-state index in [9.17, 15) is 19.2 Å². The van der Waals surface area contributed by atoms with E-state index in [1.807, 2.05) is 68.7 Å². The first-order valence-electron chi connectivity index (χ1n) is 18.8. The molecule has 8 rings (SSSR count). The second-order valence-corrected chi connectivity index (χ2v) is 14.3. The Morgan fingerprint density at radius 2 is 1.75 bits per heavy atom. The van der Waals surface area contributed by atoms with Crippen LogP contribution in [0.4, 0.5) is 5.69 Å². The maximum atomic E-state index is 13.0. The van der Waals surface area contributed by atoms with Gasteiger partial charge >= 0.3 is 0 Å². The summed E-state index contributed by atoms with van der Waals surface area (Å²) in [5, 5.41) is 11.3. The Morgan fingerprint density at radius 1 is 0.911 bits per heavy atom. The third-order valence-corrected chi connectivity index (χ3v) is 10.6. The maximum Gasteiger partial charge on any atom is 0.270 e. The molecule has 6 aromatic rings. The molecule has 56 heavy (non-hydrogen) atoms. The number of nitrogens with one attached hydrogen (secondary N) is 3. The Labute approximate surface area is 323 Å². The number of aryl methyl sites for hydroxylation is 2. The minimum Gasteiger partial charge on any atom is -0.381 e. The first kappa shape index (κ1) is 36.3. The zero-order valence-corrected chi connectivity index (χ0v) is 31.1. The molecule has 3 aromatic carbocycles. The lowest BCUT2D eigenvalue weighted by atomic mass is 9.86. The number of pyridine rings is 3. The first-order chi connectivity index (χ1) is 27.2. The Morgan fingerprint density at radius 3 is 2.55 bits per heavy atom. The number of fused-ring (bicyclic) bond motifs is 2. The number of aromatic nitrogens is 3. The number of carbonyl (C=O) groups excluding carboxylic acids is 3. The van der Waals surface area contributed by atoms with Crippen molar-refractivity contribution in [2.24, 2.45) is 7.05 Å². The molecular formula is C45H40N6O5. The number of benzene rings is 3. The van der Waals surface area contributed by atoms with Gasteiger partial charge in [0.2, 0.25) is 11.8 Å². The SMILES string of the molecule is Cc1cc2c(-c3cccc4cc(-c5ccc(C(=O)NCC#Cc6cccc(NC7CCC(=O)NC7=O)c6)nc5)ncc34)cc(C3CCOCC3)cc2n(C)c1=O. The average molecular weight is 745 g/mol. The fourth-order valence-electron chi connectivity index (χ4n) is 7.56. The summed E-state index contributed by atoms with van der Waals surface area (Å²) in [4.78, 5) is 58.7. The van der Waals surface area contributed by atoms with Crippen molar-refractivity contribution in [1.82, 2.24) is 25.2 Å². The van der Waals surface area contributed by atoms with Crippen LogP contribution in [0.15, 0.2) is 96.1 Å². The van der Waals surface area contributed by atoms with Crippen molar-refractivity contribution in [3.63, 3.8) is 0 Å². The molecular weight excluding hydrogens is 705 g/mol. The van der Waals surface area contributed by atoms with Gasteiger partial charge in [-0.05, 0) is 103 Å². The molecule has 0 spiro atoms. The highest BCUT2D eigenvalue weighted by molar-refractivity contribution is 6.06. The van der Waals surface area contributed by atoms with E-state index in [2.05, 4.69) is 57.0 Å². The lowest BCUT2D eigenvalue weighted by Gasteiger charge is -2.24. The Kier molecular flexibility index (Phi) is 10.1. The van der Waals surface area contributed by atoms with Gasteiger partial charge in [-0.2, -0.15) is 0 Å². The summed E-state index contributed by atoms with van der Waals surface area (Å²) in [6, 6.07) is 25.1. The average Bonchev–Trinajstić information content (AvgIpc) is 3.22. The fraction of sp³-hybridized carbons (Fsp3) is 0.244. The van der Waals surface area contributed by atoms with Gasteiger partial charge < -0.3 is 19.9 Å². The zero-order chi connectivity index (χ0) is 38.8. The van der Waals surface area contributed by atoms with E-state index in [1.54, 1.807) is 16.8 Å². The number of anilines is 1. The Bertz CT molecular complexity index is 2650. The van der Waals surface area contributed by atoms with Crippen molar-refractivity contribution < 1.29 is 19.1 Å². The molecule has 3 amide bonds. The maximum absolute atomic E-state index is 13.0. The van der Waals surface area contributed by atoms with Gasteiger partial charge in [-0.3, -0.25) is 34.5 Å². The van der Waals surface area contributed by atoms with Gasteiger partial charge in [0.15, 0.2) is 0 Å². The van der Waals surface area contributed by atoms with E-state index in [0.717, 1.165) is 75.8 Å². The lowest BCUT2D eigenvalue weighted by Crippen LogP contribution is -2.47. The van der Waals surface area contributed by atoms with E-state index in [0.29, 0.717) is 29.9 Å². The molecule has 11 nitrogen and oxygen atoms in total. The summed E-state index contributed by atoms with van der Waals surface area (Å²) in [7, 11) is 1.85. The largest absolute Gasteiger partial charge is 0.381 e. The van der Waals surface area contributed by atoms with Crippen LogP contribution in [0.3, 0.4) is 0 Å². The van der Waals surface area contributed by atoms with Crippen LogP contribution in [0.25, 0.3) is 44.1 Å². The standard InChI is InChI=1S/C45H40N6O5/c1-27-20-36-35(22-32(29-15-18-56-19-16-29)24-41(36)51(2)45(27)55)34-10-4-8-30-23-40(48-26-37(30)34)31-11-12-38(47-25-31)43(53)46-17-5-7-28-6-3-9-33(21-28)49-39-13-14-42(52)50-44(39)54/h3-4,6,8-12,20-26,29,39,49H,13-19H2,1-2H3,(H,46,53)(H,50,52,54). The third-order valence-electron chi connectivity index (χ3n) is 10.6. The van der Waals surface area contributed by atoms with Crippen LogP contribution in [0.1, 0.15) is 58.8 Å². The van der Waals surface area contributed by atoms with Crippen LogP contribution in [0, 0.1) is 18.8 Å². The van der Waals surface area contributed by atoms with Gasteiger partial charge in [0.25, 0.3) is 11.5 Å². The van der Waals surface area contributed by atoms with Crippen molar-refractivity contribution in [3.8, 4) is 34.2 Å². The summed E-state index contributed by atoms with van der Waals surface area (Å²) >= 11 is 0. The van der Waals surface area contributed by atoms with Crippen LogP contribution < -0.4 is 21.5 Å². The molecule has 11 heteroatoms. The predicted octanol–water partition coefficient (Wildman–Crippen LogP) is 6.02. The molecule has 3 aromatic heterocycles. The molecule has 280 valence electrons. The molecule has 2 saturated heterocycles. The van der Waals surface area contributed by atoms with Gasteiger partial charge in [-0.15, -0.1) is 0 Å². The third kappa shape index (κ3) is 7.52. The zero-order valence-electron chi connectivity index (χ0n) is 31.1. The molecule has 1 atom stereocenters. The number of carbonyl (C=O) groups is 3. The molecule has 2 aliphatic rings. The van der Waals surface area contributed by atoms with E-state index < -0.39 is 6.04 Å². The molecule has 1 unspecified atom stereocenters. The van der Waals surface area contributed by atoms with Gasteiger partial charge in [-0.25, -0.2) is 0 Å². The summed E-state index contributed by atoms with van der Waals surface area (Å²) in [5.74, 6) is 5.40. The number of hydrogen-bond acceptors (Lipinski definition) is 8. The fourth-order valence-corrected chi connectivity index (χ4v) is 7.56. The van der Waals surface area contributed by atoms with Crippen LogP contribution in [0.2, 0.25) is 0 Å². The minimum absolute atomic E-state index is 0.00340. The lowest BCUT2D eigenvalue weighted by molar-refractivity contribution is -0.133. The summed E-state index contributed by atoms with van der Waals surface area (Å²) < 4.78 is 7.41. The van der Waals surface area contributed by atoms with Gasteiger partial charge in [-0.1, -0.05) is 42.2 Å². The van der Waals surface area contributed by atoms with E-state index in [-0.39, 0.29) is 35.5 Å². The van der Waals surface area contributed by atoms with Crippen molar-refractivity contribution >= 4 is 45.1 Å². The molecule has 0 aliphatic carbocycles. The Hall–Kier alpha value is -6.64. The van der Waals surface area contributed by atoms with E-state index in [4.69, 9.17) is 9.72 Å². The summed E-state index contributed by atoms with van der Waals surface area (Å²) in [6.45, 7) is 3.44. The van der Waals surface area contributed by atoms with E-state index in [1.165, 1.54) is 5.56 Å². The molecule has 2 aliphatic heterocycles. The highest BCUT2D eigenvalue weighted by Gasteiger charge is 2.26. The van der Waals surface area contributed by atoms with Crippen molar-refractivity contribution in [2.45, 2.75) is 44.6 Å². The number of piperidine rings is 1. The smallest absolute Gasteiger partial charge is 0.270 e. The summed E-state index contributed by atoms with van der Waals surface area (Å²) in [6.07, 6.45) is 6.14. The normalized spacial score (nSPS) is 15.9. The van der Waals surface area contributed by atoms with Gasteiger partial charge in [0.05, 0.1) is 17.8 Å². The Balaban J connectivity index is 0.980. The molecule has 0 radical (unpaired) electrons. The topological polar surface area (TPSA) is 144 Å². The monoisotopic (exact) mass is 744 g/mol. The highest BCUT2D eigenvalue weighted by Crippen LogP contribution is 2.39. The number of amides is 3.